The third kappa shape index (κ3) is 8.69. The van der Waals surface area contributed by atoms with Crippen LogP contribution < -0.4 is 10.4 Å². The number of hydrogen-bond acceptors (Lipinski definition) is 7. The van der Waals surface area contributed by atoms with Gasteiger partial charge in [0.25, 0.3) is 0 Å². The molecule has 10 heteroatoms. The summed E-state index contributed by atoms with van der Waals surface area (Å²) >= 11 is 0. The van der Waals surface area contributed by atoms with Gasteiger partial charge in [0.15, 0.2) is 0 Å². The first-order chi connectivity index (χ1) is 19.4. The minimum absolute atomic E-state index is 0.00230. The molecule has 1 heterocycles. The minimum Gasteiger partial charge on any atom is -0.465 e. The fraction of sp³-hybridized carbons (Fsp3) is 0.167. The summed E-state index contributed by atoms with van der Waals surface area (Å²) in [6.07, 6.45) is 1.56. The zero-order valence-electron chi connectivity index (χ0n) is 21.9. The summed E-state index contributed by atoms with van der Waals surface area (Å²) in [6, 6.07) is 29.6. The van der Waals surface area contributed by atoms with Gasteiger partial charge >= 0.3 is 13.7 Å². The molecule has 206 valence electrons. The van der Waals surface area contributed by atoms with Gasteiger partial charge in [-0.15, -0.1) is 0 Å². The van der Waals surface area contributed by atoms with E-state index in [1.54, 1.807) is 0 Å². The largest absolute Gasteiger partial charge is 0.465 e. The molecule has 0 aliphatic heterocycles. The van der Waals surface area contributed by atoms with Crippen LogP contribution in [0, 0.1) is 0 Å². The molecule has 0 spiro atoms. The molecule has 9 nitrogen and oxygen atoms in total. The van der Waals surface area contributed by atoms with E-state index in [0.29, 0.717) is 0 Å². The van der Waals surface area contributed by atoms with E-state index in [9.17, 15) is 14.2 Å². The molecule has 0 bridgehead atoms. The van der Waals surface area contributed by atoms with E-state index in [1.807, 2.05) is 91.0 Å². The van der Waals surface area contributed by atoms with Crippen molar-refractivity contribution in [2.45, 2.75) is 25.7 Å². The molecule has 0 saturated carbocycles. The summed E-state index contributed by atoms with van der Waals surface area (Å²) in [7, 11) is -2.77. The Hall–Kier alpha value is -4.14. The standard InChI is InChI=1S/C30H30N3O6P/c1-37-30(35)26-17-18-31-28(20-26)32-29(34)27(19-23-11-5-2-6-12-23)33-40(36,38-21-24-13-7-3-8-14-24)39-22-25-15-9-4-10-16-25/h2-18,20,27H,19,21-22H2,1H3,(H,33,36)(H,31,32,34). The highest BCUT2D eigenvalue weighted by Crippen LogP contribution is 2.46. The van der Waals surface area contributed by atoms with E-state index in [0.717, 1.165) is 16.7 Å². The van der Waals surface area contributed by atoms with E-state index < -0.39 is 25.7 Å². The molecule has 0 radical (unpaired) electrons. The summed E-state index contributed by atoms with van der Waals surface area (Å²) in [6.45, 7) is 0.00459. The number of hydrogen-bond donors (Lipinski definition) is 2. The molecule has 0 fully saturated rings. The summed E-state index contributed by atoms with van der Waals surface area (Å²) in [5.41, 5.74) is 2.63. The lowest BCUT2D eigenvalue weighted by atomic mass is 10.1. The predicted molar refractivity (Wildman–Crippen MR) is 151 cm³/mol. The molecule has 40 heavy (non-hydrogen) atoms. The smallest absolute Gasteiger partial charge is 0.406 e. The number of rotatable bonds is 13. The van der Waals surface area contributed by atoms with Crippen LogP contribution >= 0.6 is 7.75 Å². The Morgan fingerprint density at radius 3 is 1.85 bits per heavy atom. The number of carbonyl (C=O) groups excluding carboxylic acids is 2. The van der Waals surface area contributed by atoms with Crippen LogP contribution in [0.5, 0.6) is 0 Å². The number of benzene rings is 3. The van der Waals surface area contributed by atoms with Gasteiger partial charge in [-0.25, -0.2) is 19.4 Å². The highest BCUT2D eigenvalue weighted by atomic mass is 31.2. The van der Waals surface area contributed by atoms with E-state index >= 15 is 0 Å². The number of amides is 1. The summed E-state index contributed by atoms with van der Waals surface area (Å²) in [5.74, 6) is -0.965. The quantitative estimate of drug-likeness (QED) is 0.162. The normalized spacial score (nSPS) is 11.9. The first-order valence-electron chi connectivity index (χ1n) is 12.6. The van der Waals surface area contributed by atoms with Crippen molar-refractivity contribution in [3.63, 3.8) is 0 Å². The van der Waals surface area contributed by atoms with Crippen molar-refractivity contribution in [3.8, 4) is 0 Å². The van der Waals surface area contributed by atoms with Crippen LogP contribution in [0.2, 0.25) is 0 Å². The lowest BCUT2D eigenvalue weighted by Crippen LogP contribution is -2.41. The molecule has 0 saturated heterocycles. The van der Waals surface area contributed by atoms with Crippen molar-refractivity contribution in [2.24, 2.45) is 0 Å². The van der Waals surface area contributed by atoms with Gasteiger partial charge in [-0.2, -0.15) is 0 Å². The van der Waals surface area contributed by atoms with Crippen molar-refractivity contribution < 1.29 is 27.9 Å². The average molecular weight is 560 g/mol. The van der Waals surface area contributed by atoms with E-state index in [4.69, 9.17) is 13.8 Å². The minimum atomic E-state index is -4.04. The van der Waals surface area contributed by atoms with Gasteiger partial charge in [-0.05, 0) is 35.2 Å². The zero-order valence-corrected chi connectivity index (χ0v) is 22.8. The number of esters is 1. The molecular weight excluding hydrogens is 529 g/mol. The topological polar surface area (TPSA) is 116 Å². The van der Waals surface area contributed by atoms with Gasteiger partial charge < -0.3 is 10.1 Å². The Kier molecular flexibility index (Phi) is 10.3. The van der Waals surface area contributed by atoms with Crippen LogP contribution in [0.25, 0.3) is 0 Å². The number of nitrogens with one attached hydrogen (secondary N) is 2. The maximum absolute atomic E-state index is 14.1. The molecule has 4 rings (SSSR count). The Balaban J connectivity index is 1.58. The lowest BCUT2D eigenvalue weighted by Gasteiger charge is -2.25. The van der Waals surface area contributed by atoms with Crippen molar-refractivity contribution in [2.75, 3.05) is 12.4 Å². The van der Waals surface area contributed by atoms with Crippen LogP contribution in [-0.4, -0.2) is 30.0 Å². The third-order valence-electron chi connectivity index (χ3n) is 5.83. The van der Waals surface area contributed by atoms with Gasteiger partial charge in [0.1, 0.15) is 11.9 Å². The fourth-order valence-electron chi connectivity index (χ4n) is 3.77. The Labute approximate surface area is 233 Å². The first-order valence-corrected chi connectivity index (χ1v) is 14.1. The summed E-state index contributed by atoms with van der Waals surface area (Å²) in [4.78, 5) is 29.6. The molecule has 1 atom stereocenters. The number of aromatic nitrogens is 1. The molecule has 1 unspecified atom stereocenters. The Morgan fingerprint density at radius 2 is 1.32 bits per heavy atom. The summed E-state index contributed by atoms with van der Waals surface area (Å²) < 4.78 is 30.5. The maximum atomic E-state index is 14.1. The Morgan fingerprint density at radius 1 is 0.800 bits per heavy atom. The zero-order chi connectivity index (χ0) is 28.2. The van der Waals surface area contributed by atoms with Gasteiger partial charge in [-0.3, -0.25) is 13.8 Å². The number of methoxy groups -OCH3 is 1. The van der Waals surface area contributed by atoms with Gasteiger partial charge in [0, 0.05) is 6.20 Å². The maximum Gasteiger partial charge on any atom is 0.406 e. The van der Waals surface area contributed by atoms with E-state index in [1.165, 1.54) is 25.4 Å². The molecule has 1 amide bonds. The van der Waals surface area contributed by atoms with Gasteiger partial charge in [-0.1, -0.05) is 91.0 Å². The second-order valence-corrected chi connectivity index (χ2v) is 10.6. The van der Waals surface area contributed by atoms with E-state index in [-0.39, 0.29) is 31.0 Å². The fourth-order valence-corrected chi connectivity index (χ4v) is 5.23. The number of pyridine rings is 1. The highest BCUT2D eigenvalue weighted by molar-refractivity contribution is 7.51. The number of anilines is 1. The lowest BCUT2D eigenvalue weighted by molar-refractivity contribution is -0.117. The van der Waals surface area contributed by atoms with Crippen LogP contribution in [-0.2, 0) is 42.8 Å². The average Bonchev–Trinajstić information content (AvgIpc) is 3.00. The number of carbonyl (C=O) groups is 2. The SMILES string of the molecule is COC(=O)c1ccnc(NC(=O)C(Cc2ccccc2)NP(=O)(OCc2ccccc2)OCc2ccccc2)c1. The van der Waals surface area contributed by atoms with Gasteiger partial charge in [0.2, 0.25) is 5.91 Å². The van der Waals surface area contributed by atoms with Crippen LogP contribution in [0.4, 0.5) is 5.82 Å². The summed E-state index contributed by atoms with van der Waals surface area (Å²) in [5, 5.41) is 5.57. The predicted octanol–water partition coefficient (Wildman–Crippen LogP) is 5.55. The van der Waals surface area contributed by atoms with Crippen molar-refractivity contribution in [1.82, 2.24) is 10.1 Å². The Bertz CT molecular complexity index is 1390. The second kappa shape index (κ2) is 14.3. The molecule has 3 aromatic carbocycles. The molecule has 2 N–H and O–H groups in total. The monoisotopic (exact) mass is 559 g/mol. The number of nitrogens with zero attached hydrogens (tertiary/aromatic N) is 1. The highest BCUT2D eigenvalue weighted by Gasteiger charge is 2.33. The number of ether oxygens (including phenoxy) is 1. The first kappa shape index (κ1) is 28.9. The second-order valence-electron chi connectivity index (χ2n) is 8.80. The van der Waals surface area contributed by atoms with Crippen LogP contribution in [0.1, 0.15) is 27.0 Å². The van der Waals surface area contributed by atoms with E-state index in [2.05, 4.69) is 15.4 Å². The molecular formula is C30H30N3O6P. The molecule has 0 aliphatic carbocycles. The molecule has 1 aromatic heterocycles. The van der Waals surface area contributed by atoms with Crippen LogP contribution in [0.15, 0.2) is 109 Å². The van der Waals surface area contributed by atoms with Gasteiger partial charge in [0.05, 0.1) is 25.9 Å². The van der Waals surface area contributed by atoms with Crippen LogP contribution in [0.3, 0.4) is 0 Å². The molecule has 0 aliphatic rings. The third-order valence-corrected chi connectivity index (χ3v) is 7.40. The van der Waals surface area contributed by atoms with Crippen molar-refractivity contribution in [1.29, 1.82) is 0 Å². The molecule has 4 aromatic rings. The van der Waals surface area contributed by atoms with Crippen molar-refractivity contribution >= 4 is 25.4 Å². The van der Waals surface area contributed by atoms with Crippen molar-refractivity contribution in [3.05, 3.63) is 132 Å².